The molecule has 6 heteroatoms. The van der Waals surface area contributed by atoms with Crippen LogP contribution in [-0.2, 0) is 4.79 Å². The van der Waals surface area contributed by atoms with Crippen molar-refractivity contribution < 1.29 is 9.59 Å². The zero-order valence-electron chi connectivity index (χ0n) is 13.5. The first-order chi connectivity index (χ1) is 11.0. The monoisotopic (exact) mass is 335 g/mol. The summed E-state index contributed by atoms with van der Waals surface area (Å²) in [4.78, 5) is 30.9. The van der Waals surface area contributed by atoms with E-state index in [4.69, 9.17) is 11.6 Å². The average Bonchev–Trinajstić information content (AvgIpc) is 3.34. The lowest BCUT2D eigenvalue weighted by Gasteiger charge is -2.33. The highest BCUT2D eigenvalue weighted by Gasteiger charge is 2.43. The topological polar surface area (TPSA) is 53.5 Å². The Morgan fingerprint density at radius 1 is 1.35 bits per heavy atom. The molecule has 124 valence electrons. The van der Waals surface area contributed by atoms with E-state index in [9.17, 15) is 9.59 Å². The third-order valence-electron chi connectivity index (χ3n) is 5.01. The predicted molar refractivity (Wildman–Crippen MR) is 89.9 cm³/mol. The highest BCUT2D eigenvalue weighted by molar-refractivity contribution is 6.32. The van der Waals surface area contributed by atoms with Crippen molar-refractivity contribution in [2.24, 2.45) is 17.8 Å². The standard InChI is InChI=1S/C17H22ClN3O2/c1-20(2)17(23)13-3-4-15(19-16(13)18)21-7-5-11(6-8-21)14-9-12(14)10-22/h3-4,10-12,14H,5-9H2,1-2H3. The SMILES string of the molecule is CN(C)C(=O)c1ccc(N2CCC(C3CC3C=O)CC2)nc1Cl. The van der Waals surface area contributed by atoms with Crippen LogP contribution in [0.1, 0.15) is 29.6 Å². The molecule has 5 nitrogen and oxygen atoms in total. The second-order valence-electron chi connectivity index (χ2n) is 6.73. The van der Waals surface area contributed by atoms with E-state index < -0.39 is 0 Å². The lowest BCUT2D eigenvalue weighted by Crippen LogP contribution is -2.35. The van der Waals surface area contributed by atoms with E-state index in [0.717, 1.165) is 44.5 Å². The fourth-order valence-corrected chi connectivity index (χ4v) is 3.72. The molecule has 2 heterocycles. The summed E-state index contributed by atoms with van der Waals surface area (Å²) in [6, 6.07) is 3.62. The van der Waals surface area contributed by atoms with Crippen LogP contribution in [0.4, 0.5) is 5.82 Å². The van der Waals surface area contributed by atoms with Crippen molar-refractivity contribution in [3.8, 4) is 0 Å². The van der Waals surface area contributed by atoms with Gasteiger partial charge in [-0.1, -0.05) is 11.6 Å². The van der Waals surface area contributed by atoms with Gasteiger partial charge in [-0.15, -0.1) is 0 Å². The van der Waals surface area contributed by atoms with Crippen LogP contribution in [0.5, 0.6) is 0 Å². The minimum absolute atomic E-state index is 0.138. The molecule has 0 bridgehead atoms. The summed E-state index contributed by atoms with van der Waals surface area (Å²) in [5.41, 5.74) is 0.433. The molecule has 0 aromatic carbocycles. The maximum absolute atomic E-state index is 12.0. The van der Waals surface area contributed by atoms with E-state index in [1.54, 1.807) is 20.2 Å². The second kappa shape index (κ2) is 6.48. The smallest absolute Gasteiger partial charge is 0.256 e. The van der Waals surface area contributed by atoms with Crippen LogP contribution in [-0.4, -0.2) is 49.3 Å². The zero-order valence-corrected chi connectivity index (χ0v) is 14.3. The van der Waals surface area contributed by atoms with Crippen LogP contribution in [0.25, 0.3) is 0 Å². The molecule has 0 spiro atoms. The van der Waals surface area contributed by atoms with Gasteiger partial charge in [-0.3, -0.25) is 4.79 Å². The van der Waals surface area contributed by atoms with Gasteiger partial charge >= 0.3 is 0 Å². The molecule has 0 N–H and O–H groups in total. The van der Waals surface area contributed by atoms with Crippen molar-refractivity contribution in [2.45, 2.75) is 19.3 Å². The molecule has 1 amide bonds. The van der Waals surface area contributed by atoms with E-state index in [1.165, 1.54) is 4.90 Å². The van der Waals surface area contributed by atoms with Gasteiger partial charge in [0.1, 0.15) is 17.3 Å². The Hall–Kier alpha value is -1.62. The maximum Gasteiger partial charge on any atom is 0.256 e. The van der Waals surface area contributed by atoms with Gasteiger partial charge < -0.3 is 14.6 Å². The van der Waals surface area contributed by atoms with E-state index in [-0.39, 0.29) is 11.1 Å². The molecule has 1 aliphatic carbocycles. The Bertz CT molecular complexity index is 612. The number of pyridine rings is 1. The van der Waals surface area contributed by atoms with Crippen LogP contribution < -0.4 is 4.90 Å². The Balaban J connectivity index is 1.63. The van der Waals surface area contributed by atoms with Crippen LogP contribution >= 0.6 is 11.6 Å². The molecule has 1 aliphatic heterocycles. The minimum Gasteiger partial charge on any atom is -0.357 e. The van der Waals surface area contributed by atoms with Gasteiger partial charge in [-0.05, 0) is 43.2 Å². The minimum atomic E-state index is -0.138. The fourth-order valence-electron chi connectivity index (χ4n) is 3.49. The van der Waals surface area contributed by atoms with Gasteiger partial charge in [0.05, 0.1) is 5.56 Å². The zero-order chi connectivity index (χ0) is 16.6. The molecule has 2 unspecified atom stereocenters. The van der Waals surface area contributed by atoms with Gasteiger partial charge in [0, 0.05) is 33.1 Å². The number of amides is 1. The number of piperidine rings is 1. The summed E-state index contributed by atoms with van der Waals surface area (Å²) >= 11 is 6.19. The Morgan fingerprint density at radius 3 is 2.57 bits per heavy atom. The molecule has 1 saturated heterocycles. The van der Waals surface area contributed by atoms with Crippen molar-refractivity contribution in [1.82, 2.24) is 9.88 Å². The van der Waals surface area contributed by atoms with Gasteiger partial charge in [-0.25, -0.2) is 4.98 Å². The number of anilines is 1. The highest BCUT2D eigenvalue weighted by Crippen LogP contribution is 2.46. The van der Waals surface area contributed by atoms with Crippen molar-refractivity contribution in [3.63, 3.8) is 0 Å². The number of carbonyl (C=O) groups excluding carboxylic acids is 2. The molecule has 1 aromatic rings. The first-order valence-electron chi connectivity index (χ1n) is 8.09. The van der Waals surface area contributed by atoms with Crippen LogP contribution in [0, 0.1) is 17.8 Å². The summed E-state index contributed by atoms with van der Waals surface area (Å²) < 4.78 is 0. The summed E-state index contributed by atoms with van der Waals surface area (Å²) in [5.74, 6) is 2.25. The lowest BCUT2D eigenvalue weighted by atomic mass is 9.91. The van der Waals surface area contributed by atoms with E-state index in [1.807, 2.05) is 6.07 Å². The number of rotatable bonds is 4. The molecular weight excluding hydrogens is 314 g/mol. The van der Waals surface area contributed by atoms with Crippen molar-refractivity contribution >= 4 is 29.6 Å². The summed E-state index contributed by atoms with van der Waals surface area (Å²) in [6.45, 7) is 1.86. The Morgan fingerprint density at radius 2 is 2.04 bits per heavy atom. The molecule has 0 radical (unpaired) electrons. The Kier molecular flexibility index (Phi) is 4.57. The molecule has 3 rings (SSSR count). The number of aldehydes is 1. The number of carbonyl (C=O) groups is 2. The van der Waals surface area contributed by atoms with Crippen molar-refractivity contribution in [1.29, 1.82) is 0 Å². The summed E-state index contributed by atoms with van der Waals surface area (Å²) in [5, 5.41) is 0.256. The summed E-state index contributed by atoms with van der Waals surface area (Å²) in [7, 11) is 3.39. The number of halogens is 1. The van der Waals surface area contributed by atoms with Crippen LogP contribution in [0.2, 0.25) is 5.15 Å². The summed E-state index contributed by atoms with van der Waals surface area (Å²) in [6.07, 6.45) is 4.36. The van der Waals surface area contributed by atoms with Crippen molar-refractivity contribution in [3.05, 3.63) is 22.8 Å². The van der Waals surface area contributed by atoms with Gasteiger partial charge in [0.25, 0.3) is 5.91 Å². The molecule has 1 saturated carbocycles. The number of nitrogens with zero attached hydrogens (tertiary/aromatic N) is 3. The van der Waals surface area contributed by atoms with Crippen LogP contribution in [0.3, 0.4) is 0 Å². The first kappa shape index (κ1) is 16.2. The quantitative estimate of drug-likeness (QED) is 0.626. The average molecular weight is 336 g/mol. The largest absolute Gasteiger partial charge is 0.357 e. The second-order valence-corrected chi connectivity index (χ2v) is 7.09. The van der Waals surface area contributed by atoms with E-state index in [2.05, 4.69) is 9.88 Å². The normalized spacial score (nSPS) is 24.4. The van der Waals surface area contributed by atoms with Gasteiger partial charge in [0.2, 0.25) is 0 Å². The van der Waals surface area contributed by atoms with Gasteiger partial charge in [-0.2, -0.15) is 0 Å². The highest BCUT2D eigenvalue weighted by atomic mass is 35.5. The lowest BCUT2D eigenvalue weighted by molar-refractivity contribution is -0.109. The first-order valence-corrected chi connectivity index (χ1v) is 8.47. The van der Waals surface area contributed by atoms with Gasteiger partial charge in [0.15, 0.2) is 0 Å². The third-order valence-corrected chi connectivity index (χ3v) is 5.29. The maximum atomic E-state index is 12.0. The van der Waals surface area contributed by atoms with E-state index >= 15 is 0 Å². The number of hydrogen-bond donors (Lipinski definition) is 0. The van der Waals surface area contributed by atoms with E-state index in [0.29, 0.717) is 23.3 Å². The molecule has 2 atom stereocenters. The molecule has 2 fully saturated rings. The number of aromatic nitrogens is 1. The fraction of sp³-hybridized carbons (Fsp3) is 0.588. The molecular formula is C17H22ClN3O2. The van der Waals surface area contributed by atoms with Crippen LogP contribution in [0.15, 0.2) is 12.1 Å². The predicted octanol–water partition coefficient (Wildman–Crippen LogP) is 2.49. The third kappa shape index (κ3) is 3.34. The molecule has 2 aliphatic rings. The molecule has 23 heavy (non-hydrogen) atoms. The molecule has 1 aromatic heterocycles. The number of hydrogen-bond acceptors (Lipinski definition) is 4. The van der Waals surface area contributed by atoms with Crippen molar-refractivity contribution in [2.75, 3.05) is 32.1 Å². The Labute approximate surface area is 141 Å².